The van der Waals surface area contributed by atoms with Gasteiger partial charge in [0.2, 0.25) is 5.91 Å². The summed E-state index contributed by atoms with van der Waals surface area (Å²) < 4.78 is 10.7. The van der Waals surface area contributed by atoms with Crippen molar-refractivity contribution in [2.75, 3.05) is 13.2 Å². The first kappa shape index (κ1) is 13.3. The molecule has 1 amide bonds. The predicted octanol–water partition coefficient (Wildman–Crippen LogP) is 2.02. The van der Waals surface area contributed by atoms with Gasteiger partial charge in [-0.1, -0.05) is 5.16 Å². The van der Waals surface area contributed by atoms with E-state index in [1.807, 2.05) is 6.92 Å². The number of aryl methyl sites for hydroxylation is 1. The number of carbonyl (C=O) groups is 1. The van der Waals surface area contributed by atoms with Crippen LogP contribution in [0, 0.1) is 6.92 Å². The van der Waals surface area contributed by atoms with E-state index >= 15 is 0 Å². The van der Waals surface area contributed by atoms with E-state index in [0.29, 0.717) is 18.0 Å². The molecule has 1 aliphatic heterocycles. The Kier molecular flexibility index (Phi) is 3.84. The van der Waals surface area contributed by atoms with Gasteiger partial charge in [-0.25, -0.2) is 0 Å². The summed E-state index contributed by atoms with van der Waals surface area (Å²) in [6, 6.07) is 3.85. The van der Waals surface area contributed by atoms with Gasteiger partial charge in [0.15, 0.2) is 0 Å². The smallest absolute Gasteiger partial charge is 0.226 e. The maximum Gasteiger partial charge on any atom is 0.226 e. The molecule has 0 radical (unpaired) electrons. The Balaban J connectivity index is 1.54. The Morgan fingerprint density at radius 2 is 2.50 bits per heavy atom. The molecule has 20 heavy (non-hydrogen) atoms. The fraction of sp³-hybridized carbons (Fsp3) is 0.429. The summed E-state index contributed by atoms with van der Waals surface area (Å²) in [5, 5.41) is 8.79. The zero-order valence-corrected chi connectivity index (χ0v) is 12.0. The summed E-state index contributed by atoms with van der Waals surface area (Å²) in [7, 11) is 0. The monoisotopic (exact) mass is 292 g/mol. The van der Waals surface area contributed by atoms with E-state index in [4.69, 9.17) is 9.26 Å². The normalized spacial score (nSPS) is 17.8. The van der Waals surface area contributed by atoms with Crippen molar-refractivity contribution in [3.63, 3.8) is 0 Å². The number of carbonyl (C=O) groups excluding carboxylic acids is 1. The van der Waals surface area contributed by atoms with E-state index in [-0.39, 0.29) is 18.4 Å². The van der Waals surface area contributed by atoms with Crippen molar-refractivity contribution in [1.29, 1.82) is 0 Å². The number of rotatable bonds is 4. The molecular formula is C14H16N2O3S. The van der Waals surface area contributed by atoms with E-state index in [0.717, 1.165) is 13.0 Å². The first-order chi connectivity index (χ1) is 9.72. The number of thiophene rings is 1. The summed E-state index contributed by atoms with van der Waals surface area (Å²) >= 11 is 1.75. The maximum absolute atomic E-state index is 11.9. The number of nitrogens with one attached hydrogen (secondary N) is 1. The summed E-state index contributed by atoms with van der Waals surface area (Å²) in [5.41, 5.74) is 1.86. The van der Waals surface area contributed by atoms with Crippen molar-refractivity contribution in [2.24, 2.45) is 0 Å². The number of hydrogen-bond acceptors (Lipinski definition) is 5. The van der Waals surface area contributed by atoms with Crippen molar-refractivity contribution in [1.82, 2.24) is 10.5 Å². The number of nitrogens with zero attached hydrogens (tertiary/aromatic N) is 1. The predicted molar refractivity (Wildman–Crippen MR) is 74.7 cm³/mol. The molecule has 5 nitrogen and oxygen atoms in total. The minimum atomic E-state index is -0.0655. The first-order valence-corrected chi connectivity index (χ1v) is 7.47. The molecule has 3 rings (SSSR count). The zero-order valence-electron chi connectivity index (χ0n) is 11.2. The number of ether oxygens (including phenoxy) is 1. The van der Waals surface area contributed by atoms with Gasteiger partial charge in [-0.2, -0.15) is 0 Å². The Labute approximate surface area is 120 Å². The fourth-order valence-electron chi connectivity index (χ4n) is 2.33. The summed E-state index contributed by atoms with van der Waals surface area (Å²) in [5.74, 6) is 0.649. The molecule has 0 aromatic carbocycles. The SMILES string of the molecule is Cc1cc(CC(=O)NCC2OCCc3sccc32)no1. The second kappa shape index (κ2) is 5.76. The zero-order chi connectivity index (χ0) is 13.9. The van der Waals surface area contributed by atoms with Crippen LogP contribution in [0.1, 0.15) is 28.0 Å². The van der Waals surface area contributed by atoms with Gasteiger partial charge in [0.05, 0.1) is 18.7 Å². The summed E-state index contributed by atoms with van der Waals surface area (Å²) in [6.07, 6.45) is 1.17. The molecule has 2 aromatic rings. The molecule has 0 aliphatic carbocycles. The lowest BCUT2D eigenvalue weighted by Gasteiger charge is -2.23. The largest absolute Gasteiger partial charge is 0.371 e. The van der Waals surface area contributed by atoms with Crippen LogP contribution in [0.25, 0.3) is 0 Å². The van der Waals surface area contributed by atoms with Crippen LogP contribution >= 0.6 is 11.3 Å². The highest BCUT2D eigenvalue weighted by Gasteiger charge is 2.22. The quantitative estimate of drug-likeness (QED) is 0.936. The Morgan fingerprint density at radius 1 is 1.60 bits per heavy atom. The number of amides is 1. The van der Waals surface area contributed by atoms with E-state index < -0.39 is 0 Å². The van der Waals surface area contributed by atoms with E-state index in [2.05, 4.69) is 21.9 Å². The molecule has 0 saturated carbocycles. The van der Waals surface area contributed by atoms with Crippen molar-refractivity contribution in [3.05, 3.63) is 39.4 Å². The van der Waals surface area contributed by atoms with Gasteiger partial charge in [0.1, 0.15) is 11.9 Å². The van der Waals surface area contributed by atoms with Crippen LogP contribution in [0.2, 0.25) is 0 Å². The molecule has 106 valence electrons. The molecule has 1 atom stereocenters. The molecule has 0 spiro atoms. The van der Waals surface area contributed by atoms with Crippen LogP contribution in [0.4, 0.5) is 0 Å². The lowest BCUT2D eigenvalue weighted by Crippen LogP contribution is -2.32. The first-order valence-electron chi connectivity index (χ1n) is 6.59. The highest BCUT2D eigenvalue weighted by atomic mass is 32.1. The topological polar surface area (TPSA) is 64.4 Å². The maximum atomic E-state index is 11.9. The molecule has 1 N–H and O–H groups in total. The summed E-state index contributed by atoms with van der Waals surface area (Å²) in [6.45, 7) is 3.03. The van der Waals surface area contributed by atoms with Crippen molar-refractivity contribution in [3.8, 4) is 0 Å². The van der Waals surface area contributed by atoms with Crippen LogP contribution in [-0.2, 0) is 22.4 Å². The van der Waals surface area contributed by atoms with Gasteiger partial charge in [-0.05, 0) is 23.9 Å². The molecule has 0 saturated heterocycles. The van der Waals surface area contributed by atoms with E-state index in [1.165, 1.54) is 10.4 Å². The van der Waals surface area contributed by atoms with Crippen LogP contribution in [0.15, 0.2) is 22.0 Å². The van der Waals surface area contributed by atoms with Crippen molar-refractivity contribution >= 4 is 17.2 Å². The van der Waals surface area contributed by atoms with Crippen LogP contribution in [-0.4, -0.2) is 24.2 Å². The minimum Gasteiger partial charge on any atom is -0.371 e. The third-order valence-electron chi connectivity index (χ3n) is 3.28. The van der Waals surface area contributed by atoms with E-state index in [9.17, 15) is 4.79 Å². The van der Waals surface area contributed by atoms with E-state index in [1.54, 1.807) is 17.4 Å². The average Bonchev–Trinajstić information content (AvgIpc) is 3.05. The Hall–Kier alpha value is -1.66. The standard InChI is InChI=1S/C14H16N2O3S/c1-9-6-10(16-19-9)7-14(17)15-8-12-11-3-5-20-13(11)2-4-18-12/h3,5-6,12H,2,4,7-8H2,1H3,(H,15,17). The fourth-order valence-corrected chi connectivity index (χ4v) is 3.24. The molecule has 0 bridgehead atoms. The third-order valence-corrected chi connectivity index (χ3v) is 4.27. The highest BCUT2D eigenvalue weighted by molar-refractivity contribution is 7.10. The Morgan fingerprint density at radius 3 is 3.30 bits per heavy atom. The van der Waals surface area contributed by atoms with Gasteiger partial charge in [-0.15, -0.1) is 11.3 Å². The van der Waals surface area contributed by atoms with Gasteiger partial charge in [0, 0.05) is 23.9 Å². The lowest BCUT2D eigenvalue weighted by atomic mass is 10.1. The molecular weight excluding hydrogens is 276 g/mol. The van der Waals surface area contributed by atoms with Gasteiger partial charge in [-0.3, -0.25) is 4.79 Å². The van der Waals surface area contributed by atoms with Gasteiger partial charge in [0.25, 0.3) is 0 Å². The number of hydrogen-bond donors (Lipinski definition) is 1. The van der Waals surface area contributed by atoms with Gasteiger partial charge >= 0.3 is 0 Å². The minimum absolute atomic E-state index is 0.0343. The van der Waals surface area contributed by atoms with Crippen LogP contribution < -0.4 is 5.32 Å². The third kappa shape index (κ3) is 2.91. The number of aromatic nitrogens is 1. The van der Waals surface area contributed by atoms with Crippen molar-refractivity contribution in [2.45, 2.75) is 25.9 Å². The second-order valence-corrected chi connectivity index (χ2v) is 5.82. The summed E-state index contributed by atoms with van der Waals surface area (Å²) in [4.78, 5) is 13.2. The molecule has 0 fully saturated rings. The number of fused-ring (bicyclic) bond motifs is 1. The molecule has 3 heterocycles. The molecule has 6 heteroatoms. The second-order valence-electron chi connectivity index (χ2n) is 4.82. The Bertz CT molecular complexity index is 605. The van der Waals surface area contributed by atoms with Crippen LogP contribution in [0.5, 0.6) is 0 Å². The van der Waals surface area contributed by atoms with Crippen molar-refractivity contribution < 1.29 is 14.1 Å². The molecule has 2 aromatic heterocycles. The molecule has 1 unspecified atom stereocenters. The average molecular weight is 292 g/mol. The van der Waals surface area contributed by atoms with Gasteiger partial charge < -0.3 is 14.6 Å². The molecule has 1 aliphatic rings. The highest BCUT2D eigenvalue weighted by Crippen LogP contribution is 2.30. The van der Waals surface area contributed by atoms with Crippen LogP contribution in [0.3, 0.4) is 0 Å². The lowest BCUT2D eigenvalue weighted by molar-refractivity contribution is -0.121.